The molecule has 0 unspecified atom stereocenters. The Bertz CT molecular complexity index is 390. The van der Waals surface area contributed by atoms with Gasteiger partial charge in [-0.25, -0.2) is 9.18 Å². The molecule has 3 nitrogen and oxygen atoms in total. The second-order valence-corrected chi connectivity index (χ2v) is 3.12. The molecule has 0 saturated heterocycles. The number of ketones is 1. The number of rotatable bonds is 3. The highest BCUT2D eigenvalue weighted by Crippen LogP contribution is 2.12. The van der Waals surface area contributed by atoms with Crippen molar-refractivity contribution >= 4 is 27.7 Å². The third-order valence-corrected chi connectivity index (χ3v) is 2.15. The molecule has 1 rings (SSSR count). The van der Waals surface area contributed by atoms with Gasteiger partial charge in [-0.2, -0.15) is 0 Å². The van der Waals surface area contributed by atoms with Gasteiger partial charge in [0.2, 0.25) is 0 Å². The minimum Gasteiger partial charge on any atom is -0.478 e. The molecule has 1 N–H and O–H groups in total. The van der Waals surface area contributed by atoms with Crippen LogP contribution in [0.2, 0.25) is 0 Å². The Kier molecular flexibility index (Phi) is 3.35. The predicted molar refractivity (Wildman–Crippen MR) is 51.5 cm³/mol. The summed E-state index contributed by atoms with van der Waals surface area (Å²) in [5.41, 5.74) is -0.277. The van der Waals surface area contributed by atoms with E-state index in [9.17, 15) is 14.0 Å². The maximum Gasteiger partial charge on any atom is 0.335 e. The largest absolute Gasteiger partial charge is 0.478 e. The number of Topliss-reactive ketones (excluding diaryl/α,β-unsaturated/α-hetero) is 1. The lowest BCUT2D eigenvalue weighted by Gasteiger charge is -2.00. The molecule has 1 aromatic rings. The van der Waals surface area contributed by atoms with Crippen molar-refractivity contribution in [2.45, 2.75) is 0 Å². The number of halogens is 2. The Morgan fingerprint density at radius 1 is 1.43 bits per heavy atom. The van der Waals surface area contributed by atoms with E-state index in [0.29, 0.717) is 0 Å². The second-order valence-electron chi connectivity index (χ2n) is 2.56. The van der Waals surface area contributed by atoms with Crippen LogP contribution in [-0.4, -0.2) is 22.2 Å². The maximum absolute atomic E-state index is 13.1. The number of carboxylic acids is 1. The van der Waals surface area contributed by atoms with Crippen LogP contribution in [0.5, 0.6) is 0 Å². The van der Waals surface area contributed by atoms with E-state index in [0.717, 1.165) is 6.07 Å². The van der Waals surface area contributed by atoms with Crippen molar-refractivity contribution in [2.75, 3.05) is 5.33 Å². The van der Waals surface area contributed by atoms with E-state index in [1.54, 1.807) is 0 Å². The van der Waals surface area contributed by atoms with E-state index in [1.807, 2.05) is 0 Å². The van der Waals surface area contributed by atoms with Gasteiger partial charge in [0.1, 0.15) is 5.82 Å². The summed E-state index contributed by atoms with van der Waals surface area (Å²) in [5.74, 6) is -2.45. The second kappa shape index (κ2) is 4.32. The summed E-state index contributed by atoms with van der Waals surface area (Å²) < 4.78 is 13.1. The van der Waals surface area contributed by atoms with Crippen molar-refractivity contribution in [3.05, 3.63) is 35.1 Å². The van der Waals surface area contributed by atoms with Crippen LogP contribution in [0.4, 0.5) is 4.39 Å². The maximum atomic E-state index is 13.1. The van der Waals surface area contributed by atoms with E-state index in [-0.39, 0.29) is 16.5 Å². The number of aromatic carboxylic acids is 1. The number of hydrogen-bond acceptors (Lipinski definition) is 2. The van der Waals surface area contributed by atoms with Crippen LogP contribution in [-0.2, 0) is 0 Å². The van der Waals surface area contributed by atoms with Gasteiger partial charge in [-0.3, -0.25) is 4.79 Å². The van der Waals surface area contributed by atoms with Crippen LogP contribution < -0.4 is 0 Å². The standard InChI is InChI=1S/C9H6BrFO3/c10-4-8(12)6-2-1-5(9(13)14)3-7(6)11/h1-3H,4H2,(H,13,14). The van der Waals surface area contributed by atoms with Crippen LogP contribution >= 0.6 is 15.9 Å². The zero-order valence-corrected chi connectivity index (χ0v) is 8.54. The van der Waals surface area contributed by atoms with E-state index < -0.39 is 17.6 Å². The van der Waals surface area contributed by atoms with Crippen molar-refractivity contribution in [3.8, 4) is 0 Å². The van der Waals surface area contributed by atoms with Crippen LogP contribution in [0, 0.1) is 5.82 Å². The summed E-state index contributed by atoms with van der Waals surface area (Å²) in [6, 6.07) is 3.20. The third kappa shape index (κ3) is 2.17. The van der Waals surface area contributed by atoms with Crippen LogP contribution in [0.25, 0.3) is 0 Å². The van der Waals surface area contributed by atoms with Crippen molar-refractivity contribution in [2.24, 2.45) is 0 Å². The third-order valence-electron chi connectivity index (χ3n) is 1.64. The SMILES string of the molecule is O=C(O)c1ccc(C(=O)CBr)c(F)c1. The smallest absolute Gasteiger partial charge is 0.335 e. The Morgan fingerprint density at radius 3 is 2.50 bits per heavy atom. The molecule has 0 aliphatic rings. The molecule has 0 spiro atoms. The van der Waals surface area contributed by atoms with Crippen LogP contribution in [0.1, 0.15) is 20.7 Å². The van der Waals surface area contributed by atoms with Gasteiger partial charge in [0.25, 0.3) is 0 Å². The van der Waals surface area contributed by atoms with Crippen molar-refractivity contribution in [1.29, 1.82) is 0 Å². The fourth-order valence-corrected chi connectivity index (χ4v) is 1.25. The first kappa shape index (κ1) is 10.8. The first-order valence-electron chi connectivity index (χ1n) is 3.68. The zero-order chi connectivity index (χ0) is 10.7. The number of benzene rings is 1. The first-order valence-corrected chi connectivity index (χ1v) is 4.80. The van der Waals surface area contributed by atoms with Crippen molar-refractivity contribution in [3.63, 3.8) is 0 Å². The number of carbonyl (C=O) groups excluding carboxylic acids is 1. The molecule has 14 heavy (non-hydrogen) atoms. The van der Waals surface area contributed by atoms with Crippen molar-refractivity contribution in [1.82, 2.24) is 0 Å². The zero-order valence-electron chi connectivity index (χ0n) is 6.96. The number of hydrogen-bond donors (Lipinski definition) is 1. The van der Waals surface area contributed by atoms with Gasteiger partial charge >= 0.3 is 5.97 Å². The summed E-state index contributed by atoms with van der Waals surface area (Å²) in [4.78, 5) is 21.5. The summed E-state index contributed by atoms with van der Waals surface area (Å²) >= 11 is 2.90. The number of carboxylic acid groups (broad SMARTS) is 1. The summed E-state index contributed by atoms with van der Waals surface area (Å²) in [5, 5.41) is 8.55. The Labute approximate surface area is 87.7 Å². The molecular weight excluding hydrogens is 255 g/mol. The fourth-order valence-electron chi connectivity index (χ4n) is 0.946. The molecule has 0 aliphatic carbocycles. The first-order chi connectivity index (χ1) is 6.56. The monoisotopic (exact) mass is 260 g/mol. The van der Waals surface area contributed by atoms with Gasteiger partial charge < -0.3 is 5.11 Å². The molecule has 0 radical (unpaired) electrons. The quantitative estimate of drug-likeness (QED) is 0.669. The number of carbonyl (C=O) groups is 2. The Morgan fingerprint density at radius 2 is 2.07 bits per heavy atom. The van der Waals surface area contributed by atoms with Gasteiger partial charge in [0.05, 0.1) is 16.5 Å². The van der Waals surface area contributed by atoms with Crippen LogP contribution in [0.3, 0.4) is 0 Å². The van der Waals surface area contributed by atoms with Crippen molar-refractivity contribution < 1.29 is 19.1 Å². The molecule has 0 saturated carbocycles. The van der Waals surface area contributed by atoms with E-state index in [4.69, 9.17) is 5.11 Å². The summed E-state index contributed by atoms with van der Waals surface area (Å²) in [7, 11) is 0. The minimum absolute atomic E-state index is 0.0103. The molecule has 0 fully saturated rings. The van der Waals surface area contributed by atoms with E-state index in [1.165, 1.54) is 12.1 Å². The molecule has 5 heteroatoms. The molecule has 0 heterocycles. The van der Waals surface area contributed by atoms with Gasteiger partial charge in [-0.05, 0) is 18.2 Å². The molecule has 0 aromatic heterocycles. The topological polar surface area (TPSA) is 54.4 Å². The van der Waals surface area contributed by atoms with E-state index >= 15 is 0 Å². The molecular formula is C9H6BrFO3. The molecule has 0 atom stereocenters. The average molecular weight is 261 g/mol. The predicted octanol–water partition coefficient (Wildman–Crippen LogP) is 2.10. The van der Waals surface area contributed by atoms with Gasteiger partial charge in [-0.15, -0.1) is 0 Å². The van der Waals surface area contributed by atoms with E-state index in [2.05, 4.69) is 15.9 Å². The highest BCUT2D eigenvalue weighted by Gasteiger charge is 2.12. The molecule has 74 valence electrons. The molecule has 0 amide bonds. The lowest BCUT2D eigenvalue weighted by atomic mass is 10.1. The molecule has 1 aromatic carbocycles. The summed E-state index contributed by atoms with van der Waals surface area (Å²) in [6.45, 7) is 0. The lowest BCUT2D eigenvalue weighted by molar-refractivity contribution is 0.0695. The molecule has 0 aliphatic heterocycles. The fraction of sp³-hybridized carbons (Fsp3) is 0.111. The molecule has 0 bridgehead atoms. The highest BCUT2D eigenvalue weighted by atomic mass is 79.9. The normalized spacial score (nSPS) is 9.86. The van der Waals surface area contributed by atoms with Crippen LogP contribution in [0.15, 0.2) is 18.2 Å². The average Bonchev–Trinajstić information content (AvgIpc) is 2.16. The minimum atomic E-state index is -1.22. The van der Waals surface area contributed by atoms with Gasteiger partial charge in [0.15, 0.2) is 5.78 Å². The Balaban J connectivity index is 3.14. The number of alkyl halides is 1. The summed E-state index contributed by atoms with van der Waals surface area (Å²) in [6.07, 6.45) is 0. The van der Waals surface area contributed by atoms with Gasteiger partial charge in [0, 0.05) is 0 Å². The Hall–Kier alpha value is -1.23. The lowest BCUT2D eigenvalue weighted by Crippen LogP contribution is -2.05. The highest BCUT2D eigenvalue weighted by molar-refractivity contribution is 9.09. The van der Waals surface area contributed by atoms with Gasteiger partial charge in [-0.1, -0.05) is 15.9 Å².